The second-order valence-electron chi connectivity index (χ2n) is 5.97. The number of nitrogens with two attached hydrogens (primary N) is 1. The van der Waals surface area contributed by atoms with E-state index in [1.54, 1.807) is 0 Å². The molecule has 0 bridgehead atoms. The number of hydrogen-bond donors (Lipinski definition) is 2. The zero-order valence-electron chi connectivity index (χ0n) is 12.6. The third-order valence-corrected chi connectivity index (χ3v) is 4.51. The number of nitrogen functional groups attached to an aromatic ring is 1. The summed E-state index contributed by atoms with van der Waals surface area (Å²) in [5.41, 5.74) is 8.86. The molecule has 5 nitrogen and oxygen atoms in total. The van der Waals surface area contributed by atoms with Crippen LogP contribution in [-0.2, 0) is 4.74 Å². The van der Waals surface area contributed by atoms with Crippen molar-refractivity contribution in [2.24, 2.45) is 5.73 Å². The quantitative estimate of drug-likeness (QED) is 0.648. The highest BCUT2D eigenvalue weighted by atomic mass is 16.5. The molecule has 5 heteroatoms. The number of benzene rings is 1. The zero-order valence-corrected chi connectivity index (χ0v) is 12.6. The molecule has 1 aromatic rings. The largest absolute Gasteiger partial charge is 0.384 e. The maximum atomic E-state index is 7.81. The molecule has 0 aliphatic carbocycles. The third-order valence-electron chi connectivity index (χ3n) is 4.51. The summed E-state index contributed by atoms with van der Waals surface area (Å²) in [4.78, 5) is 4.90. The summed E-state index contributed by atoms with van der Waals surface area (Å²) in [6.07, 6.45) is 1.17. The smallest absolute Gasteiger partial charge is 0.124 e. The number of hydrogen-bond acceptors (Lipinski definition) is 4. The van der Waals surface area contributed by atoms with Crippen molar-refractivity contribution in [3.63, 3.8) is 0 Å². The van der Waals surface area contributed by atoms with Crippen LogP contribution in [0, 0.1) is 12.3 Å². The Labute approximate surface area is 126 Å². The second-order valence-corrected chi connectivity index (χ2v) is 5.97. The van der Waals surface area contributed by atoms with Crippen LogP contribution >= 0.6 is 0 Å². The molecule has 2 saturated heterocycles. The van der Waals surface area contributed by atoms with Gasteiger partial charge >= 0.3 is 0 Å². The van der Waals surface area contributed by atoms with Crippen LogP contribution in [0.3, 0.4) is 0 Å². The van der Waals surface area contributed by atoms with E-state index in [0.717, 1.165) is 56.2 Å². The van der Waals surface area contributed by atoms with Crippen molar-refractivity contribution in [3.05, 3.63) is 29.3 Å². The Bertz CT molecular complexity index is 525. The minimum absolute atomic E-state index is 0.156. The maximum Gasteiger partial charge on any atom is 0.124 e. The van der Waals surface area contributed by atoms with Crippen LogP contribution in [0.15, 0.2) is 18.2 Å². The third kappa shape index (κ3) is 3.04. The van der Waals surface area contributed by atoms with Crippen molar-refractivity contribution in [2.45, 2.75) is 19.4 Å². The lowest BCUT2D eigenvalue weighted by atomic mass is 10.1. The van der Waals surface area contributed by atoms with Gasteiger partial charge in [0.1, 0.15) is 5.84 Å². The molecular formula is C16H24N4O. The van der Waals surface area contributed by atoms with Crippen molar-refractivity contribution < 1.29 is 4.74 Å². The van der Waals surface area contributed by atoms with E-state index in [4.69, 9.17) is 15.9 Å². The summed E-state index contributed by atoms with van der Waals surface area (Å²) in [5.74, 6) is 0.156. The molecule has 0 radical (unpaired) electrons. The maximum absolute atomic E-state index is 7.81. The Morgan fingerprint density at radius 3 is 2.76 bits per heavy atom. The summed E-state index contributed by atoms with van der Waals surface area (Å²) in [6.45, 7) is 7.85. The van der Waals surface area contributed by atoms with Gasteiger partial charge in [-0.1, -0.05) is 11.6 Å². The van der Waals surface area contributed by atoms with Crippen LogP contribution in [0.1, 0.15) is 17.5 Å². The molecule has 0 saturated carbocycles. The number of aryl methyl sites for hydroxylation is 1. The van der Waals surface area contributed by atoms with Gasteiger partial charge in [0.05, 0.1) is 13.2 Å². The van der Waals surface area contributed by atoms with Crippen molar-refractivity contribution in [1.82, 2.24) is 4.90 Å². The van der Waals surface area contributed by atoms with Crippen LogP contribution in [-0.4, -0.2) is 56.2 Å². The Kier molecular flexibility index (Phi) is 4.12. The van der Waals surface area contributed by atoms with Crippen molar-refractivity contribution in [2.75, 3.05) is 44.3 Å². The molecular weight excluding hydrogens is 264 g/mol. The first kappa shape index (κ1) is 14.4. The van der Waals surface area contributed by atoms with E-state index in [1.165, 1.54) is 6.42 Å². The standard InChI is InChI=1S/C16H24N4O/c1-12-2-3-15(14(10-12)16(17)18)20-5-4-13(11-20)19-6-8-21-9-7-19/h2-3,10,13H,4-9,11H2,1H3,(H3,17,18). The molecule has 2 heterocycles. The SMILES string of the molecule is Cc1ccc(N2CCC(N3CCOCC3)C2)c(C(=N)N)c1. The topological polar surface area (TPSA) is 65.6 Å². The highest BCUT2D eigenvalue weighted by molar-refractivity contribution is 6.00. The fraction of sp³-hybridized carbons (Fsp3) is 0.562. The van der Waals surface area contributed by atoms with Gasteiger partial charge in [-0.25, -0.2) is 0 Å². The molecule has 0 aromatic heterocycles. The Balaban J connectivity index is 1.75. The minimum Gasteiger partial charge on any atom is -0.384 e. The van der Waals surface area contributed by atoms with E-state index in [-0.39, 0.29) is 5.84 Å². The first-order valence-electron chi connectivity index (χ1n) is 7.67. The van der Waals surface area contributed by atoms with Gasteiger partial charge < -0.3 is 15.4 Å². The molecule has 0 spiro atoms. The lowest BCUT2D eigenvalue weighted by Crippen LogP contribution is -2.44. The number of rotatable bonds is 3. The van der Waals surface area contributed by atoms with Gasteiger partial charge in [-0.15, -0.1) is 0 Å². The lowest BCUT2D eigenvalue weighted by Gasteiger charge is -2.32. The van der Waals surface area contributed by atoms with E-state index < -0.39 is 0 Å². The van der Waals surface area contributed by atoms with Crippen LogP contribution in [0.4, 0.5) is 5.69 Å². The highest BCUT2D eigenvalue weighted by Gasteiger charge is 2.29. The summed E-state index contributed by atoms with van der Waals surface area (Å²) < 4.78 is 5.43. The van der Waals surface area contributed by atoms with Gasteiger partial charge in [0, 0.05) is 43.5 Å². The number of nitrogens with zero attached hydrogens (tertiary/aromatic N) is 2. The molecule has 2 fully saturated rings. The lowest BCUT2D eigenvalue weighted by molar-refractivity contribution is 0.0209. The molecule has 1 atom stereocenters. The number of ether oxygens (including phenoxy) is 1. The van der Waals surface area contributed by atoms with Crippen LogP contribution in [0.25, 0.3) is 0 Å². The van der Waals surface area contributed by atoms with Gasteiger partial charge in [0.15, 0.2) is 0 Å². The van der Waals surface area contributed by atoms with Crippen LogP contribution in [0.5, 0.6) is 0 Å². The Morgan fingerprint density at radius 2 is 2.05 bits per heavy atom. The second kappa shape index (κ2) is 6.03. The van der Waals surface area contributed by atoms with Crippen LogP contribution < -0.4 is 10.6 Å². The monoisotopic (exact) mass is 288 g/mol. The molecule has 1 aromatic carbocycles. The molecule has 3 N–H and O–H groups in total. The van der Waals surface area contributed by atoms with Gasteiger partial charge in [-0.3, -0.25) is 10.3 Å². The average Bonchev–Trinajstić information content (AvgIpc) is 2.97. The van der Waals surface area contributed by atoms with Gasteiger partial charge in [-0.2, -0.15) is 0 Å². The Hall–Kier alpha value is -1.59. The van der Waals surface area contributed by atoms with Crippen molar-refractivity contribution in [3.8, 4) is 0 Å². The predicted molar refractivity (Wildman–Crippen MR) is 85.2 cm³/mol. The zero-order chi connectivity index (χ0) is 14.8. The summed E-state index contributed by atoms with van der Waals surface area (Å²) in [6, 6.07) is 6.81. The first-order valence-corrected chi connectivity index (χ1v) is 7.67. The molecule has 2 aliphatic rings. The fourth-order valence-corrected chi connectivity index (χ4v) is 3.34. The average molecular weight is 288 g/mol. The van der Waals surface area contributed by atoms with E-state index in [2.05, 4.69) is 21.9 Å². The van der Waals surface area contributed by atoms with Crippen molar-refractivity contribution in [1.29, 1.82) is 5.41 Å². The summed E-state index contributed by atoms with van der Waals surface area (Å²) in [7, 11) is 0. The molecule has 0 amide bonds. The Morgan fingerprint density at radius 1 is 1.29 bits per heavy atom. The molecule has 21 heavy (non-hydrogen) atoms. The molecule has 1 unspecified atom stereocenters. The fourth-order valence-electron chi connectivity index (χ4n) is 3.34. The molecule has 2 aliphatic heterocycles. The van der Waals surface area contributed by atoms with E-state index in [1.807, 2.05) is 13.0 Å². The predicted octanol–water partition coefficient (Wildman–Crippen LogP) is 1.19. The normalized spacial score (nSPS) is 23.5. The van der Waals surface area contributed by atoms with Gasteiger partial charge in [0.25, 0.3) is 0 Å². The first-order chi connectivity index (χ1) is 10.1. The molecule has 3 rings (SSSR count). The van der Waals surface area contributed by atoms with Crippen molar-refractivity contribution >= 4 is 11.5 Å². The number of anilines is 1. The van der Waals surface area contributed by atoms with Gasteiger partial charge in [0.2, 0.25) is 0 Å². The minimum atomic E-state index is 0.156. The molecule has 114 valence electrons. The van der Waals surface area contributed by atoms with E-state index in [9.17, 15) is 0 Å². The number of amidine groups is 1. The summed E-state index contributed by atoms with van der Waals surface area (Å²) >= 11 is 0. The van der Waals surface area contributed by atoms with Crippen LogP contribution in [0.2, 0.25) is 0 Å². The number of morpholine rings is 1. The van der Waals surface area contributed by atoms with E-state index >= 15 is 0 Å². The van der Waals surface area contributed by atoms with Gasteiger partial charge in [-0.05, 0) is 25.5 Å². The highest BCUT2D eigenvalue weighted by Crippen LogP contribution is 2.27. The summed E-state index contributed by atoms with van der Waals surface area (Å²) in [5, 5.41) is 7.81. The number of nitrogens with one attached hydrogen (secondary N) is 1. The van der Waals surface area contributed by atoms with E-state index in [0.29, 0.717) is 6.04 Å².